The van der Waals surface area contributed by atoms with E-state index in [9.17, 15) is 0 Å². The molecule has 1 heterocycles. The Balaban J connectivity index is 1.77. The quantitative estimate of drug-likeness (QED) is 0.159. The molecule has 0 aliphatic rings. The lowest BCUT2D eigenvalue weighted by atomic mass is 9.82. The molecule has 3 aromatic carbocycles. The summed E-state index contributed by atoms with van der Waals surface area (Å²) >= 11 is 0. The van der Waals surface area contributed by atoms with Gasteiger partial charge in [0.05, 0.1) is 5.52 Å². The first kappa shape index (κ1) is 25.2. The van der Waals surface area contributed by atoms with Crippen molar-refractivity contribution in [2.24, 2.45) is 0 Å². The molecule has 0 atom stereocenters. The van der Waals surface area contributed by atoms with E-state index in [-0.39, 0.29) is 5.92 Å². The molecule has 4 rings (SSSR count). The molecule has 1 heteroatoms. The van der Waals surface area contributed by atoms with Crippen LogP contribution in [0.2, 0.25) is 0 Å². The zero-order valence-electron chi connectivity index (χ0n) is 22.1. The van der Waals surface area contributed by atoms with Gasteiger partial charge in [-0.3, -0.25) is 4.98 Å². The number of rotatable bonds is 11. The van der Waals surface area contributed by atoms with Crippen molar-refractivity contribution in [3.05, 3.63) is 112 Å². The maximum Gasteiger partial charge on any atom is 0.0746 e. The van der Waals surface area contributed by atoms with Gasteiger partial charge in [-0.2, -0.15) is 0 Å². The third-order valence-corrected chi connectivity index (χ3v) is 7.31. The Bertz CT molecular complexity index is 1160. The van der Waals surface area contributed by atoms with Crippen LogP contribution in [0.3, 0.4) is 0 Å². The molecule has 35 heavy (non-hydrogen) atoms. The normalized spacial score (nSPS) is 11.5. The van der Waals surface area contributed by atoms with Crippen LogP contribution in [0.4, 0.5) is 0 Å². The summed E-state index contributed by atoms with van der Waals surface area (Å²) in [4.78, 5) is 4.89. The zero-order chi connectivity index (χ0) is 24.6. The molecule has 1 nitrogen and oxygen atoms in total. The molecule has 1 aromatic heterocycles. The van der Waals surface area contributed by atoms with Crippen molar-refractivity contribution in [1.29, 1.82) is 0 Å². The first-order chi connectivity index (χ1) is 17.1. The van der Waals surface area contributed by atoms with Crippen molar-refractivity contribution in [3.8, 4) is 0 Å². The Kier molecular flexibility index (Phi) is 8.74. The van der Waals surface area contributed by atoms with Crippen molar-refractivity contribution in [1.82, 2.24) is 4.98 Å². The minimum atomic E-state index is 0.168. The predicted octanol–water partition coefficient (Wildman–Crippen LogP) is 9.50. The standard InChI is InChI=1S/C34H41N/c1-5-7-9-11-27-13-17-29(18-14-27)33(30-19-15-28(16-20-30)12-10-8-6-2)32-24-25(3)23-31-26(4)21-22-35-34(31)32/h13-24,33H,5-12H2,1-4H3. The Labute approximate surface area is 212 Å². The van der Waals surface area contributed by atoms with E-state index in [1.165, 1.54) is 95.7 Å². The van der Waals surface area contributed by atoms with Crippen LogP contribution in [0.25, 0.3) is 10.9 Å². The molecule has 4 aromatic rings. The highest BCUT2D eigenvalue weighted by Crippen LogP contribution is 2.37. The first-order valence-electron chi connectivity index (χ1n) is 13.6. The van der Waals surface area contributed by atoms with Crippen molar-refractivity contribution in [3.63, 3.8) is 0 Å². The van der Waals surface area contributed by atoms with E-state index in [2.05, 4.69) is 94.4 Å². The fourth-order valence-corrected chi connectivity index (χ4v) is 5.25. The third-order valence-electron chi connectivity index (χ3n) is 7.31. The van der Waals surface area contributed by atoms with Gasteiger partial charge < -0.3 is 0 Å². The third kappa shape index (κ3) is 6.20. The van der Waals surface area contributed by atoms with Crippen molar-refractivity contribution >= 4 is 10.9 Å². The number of unbranched alkanes of at least 4 members (excludes halogenated alkanes) is 4. The van der Waals surface area contributed by atoms with Gasteiger partial charge in [-0.15, -0.1) is 0 Å². The molecule has 182 valence electrons. The number of aromatic nitrogens is 1. The van der Waals surface area contributed by atoms with Gasteiger partial charge in [0.25, 0.3) is 0 Å². The topological polar surface area (TPSA) is 12.9 Å². The summed E-state index contributed by atoms with van der Waals surface area (Å²) in [5.41, 5.74) is 10.6. The number of aryl methyl sites for hydroxylation is 4. The van der Waals surface area contributed by atoms with E-state index in [1.54, 1.807) is 0 Å². The SMILES string of the molecule is CCCCCc1ccc(C(c2ccc(CCCCC)cc2)c2cc(C)cc3c(C)ccnc23)cc1. The second-order valence-corrected chi connectivity index (χ2v) is 10.2. The molecule has 0 amide bonds. The average Bonchev–Trinajstić information content (AvgIpc) is 2.87. The molecule has 0 bridgehead atoms. The Hall–Kier alpha value is -2.93. The number of nitrogens with zero attached hydrogens (tertiary/aromatic N) is 1. The van der Waals surface area contributed by atoms with Crippen LogP contribution in [-0.4, -0.2) is 4.98 Å². The van der Waals surface area contributed by atoms with Crippen LogP contribution in [0.5, 0.6) is 0 Å². The molecule has 0 fully saturated rings. The highest BCUT2D eigenvalue weighted by molar-refractivity contribution is 5.87. The number of fused-ring (bicyclic) bond motifs is 1. The van der Waals surface area contributed by atoms with Crippen molar-refractivity contribution < 1.29 is 0 Å². The summed E-state index contributed by atoms with van der Waals surface area (Å²) in [5.74, 6) is 0.168. The van der Waals surface area contributed by atoms with Gasteiger partial charge in [-0.25, -0.2) is 0 Å². The van der Waals surface area contributed by atoms with Crippen LogP contribution >= 0.6 is 0 Å². The minimum Gasteiger partial charge on any atom is -0.256 e. The molecular weight excluding hydrogens is 422 g/mol. The van der Waals surface area contributed by atoms with Gasteiger partial charge in [0.15, 0.2) is 0 Å². The lowest BCUT2D eigenvalue weighted by molar-refractivity contribution is 0.717. The van der Waals surface area contributed by atoms with Crippen molar-refractivity contribution in [2.45, 2.75) is 85.0 Å². The zero-order valence-corrected chi connectivity index (χ0v) is 22.1. The van der Waals surface area contributed by atoms with Gasteiger partial charge in [-0.1, -0.05) is 99.7 Å². The number of benzene rings is 3. The van der Waals surface area contributed by atoms with Crippen LogP contribution in [-0.2, 0) is 12.8 Å². The first-order valence-corrected chi connectivity index (χ1v) is 13.6. The van der Waals surface area contributed by atoms with Gasteiger partial charge in [0.2, 0.25) is 0 Å². The number of hydrogen-bond donors (Lipinski definition) is 0. The van der Waals surface area contributed by atoms with E-state index in [0.29, 0.717) is 0 Å². The lowest BCUT2D eigenvalue weighted by Gasteiger charge is -2.22. The highest BCUT2D eigenvalue weighted by Gasteiger charge is 2.21. The number of pyridine rings is 1. The fourth-order valence-electron chi connectivity index (χ4n) is 5.25. The summed E-state index contributed by atoms with van der Waals surface area (Å²) in [6.45, 7) is 8.94. The van der Waals surface area contributed by atoms with E-state index in [1.807, 2.05) is 6.20 Å². The van der Waals surface area contributed by atoms with Gasteiger partial charge in [-0.05, 0) is 85.0 Å². The monoisotopic (exact) mass is 463 g/mol. The molecule has 0 saturated heterocycles. The summed E-state index contributed by atoms with van der Waals surface area (Å²) < 4.78 is 0. The second kappa shape index (κ2) is 12.2. The van der Waals surface area contributed by atoms with Gasteiger partial charge >= 0.3 is 0 Å². The molecule has 0 saturated carbocycles. The summed E-state index contributed by atoms with van der Waals surface area (Å²) in [7, 11) is 0. The van der Waals surface area contributed by atoms with Crippen LogP contribution < -0.4 is 0 Å². The predicted molar refractivity (Wildman–Crippen MR) is 152 cm³/mol. The van der Waals surface area contributed by atoms with Gasteiger partial charge in [0.1, 0.15) is 0 Å². The molecule has 0 radical (unpaired) electrons. The minimum absolute atomic E-state index is 0.168. The lowest BCUT2D eigenvalue weighted by Crippen LogP contribution is -2.06. The molecule has 0 unspecified atom stereocenters. The smallest absolute Gasteiger partial charge is 0.0746 e. The molecule has 0 aliphatic carbocycles. The van der Waals surface area contributed by atoms with E-state index < -0.39 is 0 Å². The molecule has 0 spiro atoms. The summed E-state index contributed by atoms with van der Waals surface area (Å²) in [5, 5.41) is 1.26. The summed E-state index contributed by atoms with van der Waals surface area (Å²) in [6.07, 6.45) is 12.0. The van der Waals surface area contributed by atoms with Crippen molar-refractivity contribution in [2.75, 3.05) is 0 Å². The fraction of sp³-hybridized carbons (Fsp3) is 0.382. The molecular formula is C34H41N. The molecule has 0 aliphatic heterocycles. The Morgan fingerprint density at radius 3 is 1.71 bits per heavy atom. The van der Waals surface area contributed by atoms with E-state index in [0.717, 1.165) is 5.52 Å². The molecule has 0 N–H and O–H groups in total. The van der Waals surface area contributed by atoms with E-state index >= 15 is 0 Å². The van der Waals surface area contributed by atoms with E-state index in [4.69, 9.17) is 4.98 Å². The van der Waals surface area contributed by atoms with Crippen LogP contribution in [0.1, 0.15) is 97.2 Å². The Morgan fingerprint density at radius 2 is 1.20 bits per heavy atom. The average molecular weight is 464 g/mol. The largest absolute Gasteiger partial charge is 0.256 e. The number of hydrogen-bond acceptors (Lipinski definition) is 1. The van der Waals surface area contributed by atoms with Gasteiger partial charge in [0, 0.05) is 17.5 Å². The second-order valence-electron chi connectivity index (χ2n) is 10.2. The Morgan fingerprint density at radius 1 is 0.657 bits per heavy atom. The maximum absolute atomic E-state index is 4.89. The maximum atomic E-state index is 4.89. The summed E-state index contributed by atoms with van der Waals surface area (Å²) in [6, 6.07) is 25.5. The highest BCUT2D eigenvalue weighted by atomic mass is 14.7. The van der Waals surface area contributed by atoms with Crippen LogP contribution in [0, 0.1) is 13.8 Å². The van der Waals surface area contributed by atoms with Crippen LogP contribution in [0.15, 0.2) is 72.9 Å².